The number of nitrogens with one attached hydrogen (secondary N) is 1. The van der Waals surface area contributed by atoms with Gasteiger partial charge >= 0.3 is 0 Å². The third-order valence-corrected chi connectivity index (χ3v) is 6.01. The van der Waals surface area contributed by atoms with Crippen molar-refractivity contribution in [2.45, 2.75) is 33.2 Å². The molecule has 0 bridgehead atoms. The molecule has 0 unspecified atom stereocenters. The van der Waals surface area contributed by atoms with Crippen LogP contribution < -0.4 is 9.62 Å². The van der Waals surface area contributed by atoms with Crippen molar-refractivity contribution in [2.75, 3.05) is 15.9 Å². The van der Waals surface area contributed by atoms with E-state index in [0.717, 1.165) is 21.7 Å². The van der Waals surface area contributed by atoms with Crippen molar-refractivity contribution in [1.29, 1.82) is 0 Å². The Morgan fingerprint density at radius 3 is 2.33 bits per heavy atom. The Balaban J connectivity index is 2.44. The van der Waals surface area contributed by atoms with Crippen LogP contribution in [0.1, 0.15) is 24.5 Å². The summed E-state index contributed by atoms with van der Waals surface area (Å²) in [6.07, 6.45) is 1.37. The first kappa shape index (κ1) is 21.5. The molecule has 0 aliphatic heterocycles. The Hall–Kier alpha value is -1.76. The lowest BCUT2D eigenvalue weighted by Crippen LogP contribution is -2.47. The van der Waals surface area contributed by atoms with Gasteiger partial charge in [-0.05, 0) is 61.7 Å². The first-order valence-corrected chi connectivity index (χ1v) is 11.0. The van der Waals surface area contributed by atoms with Gasteiger partial charge in [0.2, 0.25) is 15.9 Å². The Morgan fingerprint density at radius 1 is 1.11 bits per heavy atom. The van der Waals surface area contributed by atoms with E-state index >= 15 is 0 Å². The zero-order valence-corrected chi connectivity index (χ0v) is 17.9. The number of hydrogen-bond acceptors (Lipinski definition) is 3. The molecule has 27 heavy (non-hydrogen) atoms. The highest BCUT2D eigenvalue weighted by molar-refractivity contribution is 7.92. The first-order chi connectivity index (χ1) is 12.5. The lowest BCUT2D eigenvalue weighted by Gasteiger charge is -2.30. The maximum Gasteiger partial charge on any atom is 0.248 e. The minimum atomic E-state index is -3.70. The van der Waals surface area contributed by atoms with Crippen molar-refractivity contribution in [3.63, 3.8) is 0 Å². The summed E-state index contributed by atoms with van der Waals surface area (Å²) in [5.41, 5.74) is 2.76. The average molecular weight is 429 g/mol. The van der Waals surface area contributed by atoms with Gasteiger partial charge in [0.15, 0.2) is 0 Å². The van der Waals surface area contributed by atoms with Crippen LogP contribution in [0.2, 0.25) is 10.0 Å². The van der Waals surface area contributed by atoms with Gasteiger partial charge in [0, 0.05) is 5.02 Å². The largest absolute Gasteiger partial charge is 0.323 e. The fraction of sp³-hybridized carbons (Fsp3) is 0.316. The van der Waals surface area contributed by atoms with Crippen LogP contribution in [0, 0.1) is 13.8 Å². The molecule has 8 heteroatoms. The maximum absolute atomic E-state index is 12.9. The van der Waals surface area contributed by atoms with Crippen molar-refractivity contribution < 1.29 is 13.2 Å². The van der Waals surface area contributed by atoms with E-state index in [1.165, 1.54) is 6.07 Å². The van der Waals surface area contributed by atoms with Crippen molar-refractivity contribution in [3.05, 3.63) is 57.6 Å². The molecule has 146 valence electrons. The second-order valence-electron chi connectivity index (χ2n) is 6.36. The molecule has 1 amide bonds. The summed E-state index contributed by atoms with van der Waals surface area (Å²) in [6.45, 7) is 5.59. The van der Waals surface area contributed by atoms with Gasteiger partial charge in [-0.3, -0.25) is 9.10 Å². The fourth-order valence-corrected chi connectivity index (χ4v) is 4.27. The number of nitrogens with zero attached hydrogens (tertiary/aromatic N) is 1. The molecule has 0 aromatic heterocycles. The van der Waals surface area contributed by atoms with E-state index in [4.69, 9.17) is 23.2 Å². The van der Waals surface area contributed by atoms with Crippen molar-refractivity contribution in [2.24, 2.45) is 0 Å². The second-order valence-corrected chi connectivity index (χ2v) is 9.07. The molecule has 0 saturated carbocycles. The summed E-state index contributed by atoms with van der Waals surface area (Å²) in [6, 6.07) is 9.06. The Morgan fingerprint density at radius 2 is 1.78 bits per heavy atom. The zero-order valence-electron chi connectivity index (χ0n) is 15.6. The average Bonchev–Trinajstić information content (AvgIpc) is 2.57. The first-order valence-electron chi connectivity index (χ1n) is 8.37. The van der Waals surface area contributed by atoms with Gasteiger partial charge in [-0.25, -0.2) is 8.42 Å². The van der Waals surface area contributed by atoms with E-state index in [1.807, 2.05) is 19.9 Å². The molecule has 0 aliphatic carbocycles. The number of carbonyl (C=O) groups excluding carboxylic acids is 1. The molecule has 0 aliphatic rings. The number of amides is 1. The van der Waals surface area contributed by atoms with E-state index in [2.05, 4.69) is 5.32 Å². The highest BCUT2D eigenvalue weighted by Crippen LogP contribution is 2.28. The van der Waals surface area contributed by atoms with E-state index < -0.39 is 22.0 Å². The molecule has 2 aromatic carbocycles. The standard InChI is InChI=1S/C19H22Cl2N2O3S/c1-5-18(19(24)22-17-11-14(20)7-9-16(17)21)23(27(4,25)26)15-8-6-12(2)13(3)10-15/h6-11,18H,5H2,1-4H3,(H,22,24)/t18-/m0/s1. The molecule has 0 fully saturated rings. The molecule has 0 spiro atoms. The summed E-state index contributed by atoms with van der Waals surface area (Å²) in [5.74, 6) is -0.481. The number of rotatable bonds is 6. The summed E-state index contributed by atoms with van der Waals surface area (Å²) >= 11 is 12.1. The Kier molecular flexibility index (Phi) is 6.78. The minimum Gasteiger partial charge on any atom is -0.323 e. The van der Waals surface area contributed by atoms with Gasteiger partial charge in [0.25, 0.3) is 0 Å². The van der Waals surface area contributed by atoms with Crippen LogP contribution in [-0.4, -0.2) is 26.6 Å². The maximum atomic E-state index is 12.9. The number of aryl methyl sites for hydroxylation is 2. The molecule has 2 aromatic rings. The van der Waals surface area contributed by atoms with Crippen LogP contribution in [-0.2, 0) is 14.8 Å². The summed E-state index contributed by atoms with van der Waals surface area (Å²) in [7, 11) is -3.70. The Bertz CT molecular complexity index is 961. The number of sulfonamides is 1. The molecular weight excluding hydrogens is 407 g/mol. The number of benzene rings is 2. The third kappa shape index (κ3) is 5.15. The predicted octanol–water partition coefficient (Wildman–Crippen LogP) is 4.79. The molecule has 1 N–H and O–H groups in total. The van der Waals surface area contributed by atoms with Crippen LogP contribution in [0.15, 0.2) is 36.4 Å². The lowest BCUT2D eigenvalue weighted by molar-refractivity contribution is -0.117. The summed E-state index contributed by atoms with van der Waals surface area (Å²) < 4.78 is 26.2. The van der Waals surface area contributed by atoms with Crippen LogP contribution in [0.3, 0.4) is 0 Å². The van der Waals surface area contributed by atoms with E-state index in [0.29, 0.717) is 21.4 Å². The van der Waals surface area contributed by atoms with Crippen LogP contribution >= 0.6 is 23.2 Å². The van der Waals surface area contributed by atoms with E-state index in [1.54, 1.807) is 31.2 Å². The third-order valence-electron chi connectivity index (χ3n) is 4.26. The number of hydrogen-bond donors (Lipinski definition) is 1. The van der Waals surface area contributed by atoms with Crippen molar-refractivity contribution in [3.8, 4) is 0 Å². The molecule has 0 saturated heterocycles. The second kappa shape index (κ2) is 8.50. The highest BCUT2D eigenvalue weighted by Gasteiger charge is 2.32. The van der Waals surface area contributed by atoms with Gasteiger partial charge in [0.05, 0.1) is 22.7 Å². The molecule has 0 heterocycles. The predicted molar refractivity (Wildman–Crippen MR) is 112 cm³/mol. The number of anilines is 2. The monoisotopic (exact) mass is 428 g/mol. The number of halogens is 2. The molecule has 5 nitrogen and oxygen atoms in total. The SMILES string of the molecule is CC[C@@H](C(=O)Nc1cc(Cl)ccc1Cl)N(c1ccc(C)c(C)c1)S(C)(=O)=O. The van der Waals surface area contributed by atoms with E-state index in [-0.39, 0.29) is 6.42 Å². The smallest absolute Gasteiger partial charge is 0.248 e. The van der Waals surface area contributed by atoms with Crippen LogP contribution in [0.25, 0.3) is 0 Å². The van der Waals surface area contributed by atoms with Crippen molar-refractivity contribution >= 4 is 50.5 Å². The quantitative estimate of drug-likeness (QED) is 0.718. The van der Waals surface area contributed by atoms with E-state index in [9.17, 15) is 13.2 Å². The Labute approximate surface area is 170 Å². The van der Waals surface area contributed by atoms with Crippen molar-refractivity contribution in [1.82, 2.24) is 0 Å². The number of carbonyl (C=O) groups is 1. The summed E-state index contributed by atoms with van der Waals surface area (Å²) in [5, 5.41) is 3.42. The molecular formula is C19H22Cl2N2O3S. The van der Waals surface area contributed by atoms with Gasteiger partial charge < -0.3 is 5.32 Å². The minimum absolute atomic E-state index is 0.282. The molecule has 0 radical (unpaired) electrons. The van der Waals surface area contributed by atoms with Gasteiger partial charge in [-0.2, -0.15) is 0 Å². The topological polar surface area (TPSA) is 66.5 Å². The fourth-order valence-electron chi connectivity index (χ4n) is 2.73. The molecule has 2 rings (SSSR count). The zero-order chi connectivity index (χ0) is 20.4. The summed E-state index contributed by atoms with van der Waals surface area (Å²) in [4.78, 5) is 12.9. The molecule has 1 atom stereocenters. The van der Waals surface area contributed by atoms with Crippen LogP contribution in [0.4, 0.5) is 11.4 Å². The lowest BCUT2D eigenvalue weighted by atomic mass is 10.1. The van der Waals surface area contributed by atoms with Gasteiger partial charge in [0.1, 0.15) is 6.04 Å². The normalized spacial score (nSPS) is 12.5. The van der Waals surface area contributed by atoms with Gasteiger partial charge in [-0.15, -0.1) is 0 Å². The highest BCUT2D eigenvalue weighted by atomic mass is 35.5. The van der Waals surface area contributed by atoms with Crippen LogP contribution in [0.5, 0.6) is 0 Å². The van der Waals surface area contributed by atoms with Gasteiger partial charge in [-0.1, -0.05) is 36.2 Å².